The van der Waals surface area contributed by atoms with E-state index in [1.165, 1.54) is 58.4 Å². The third-order valence-electron chi connectivity index (χ3n) is 6.29. The van der Waals surface area contributed by atoms with Crippen LogP contribution in [0.1, 0.15) is 52.3 Å². The summed E-state index contributed by atoms with van der Waals surface area (Å²) >= 11 is 9.07. The molecule has 0 spiro atoms. The maximum Gasteiger partial charge on any atom is 0.338 e. The van der Waals surface area contributed by atoms with Gasteiger partial charge in [-0.25, -0.2) is 9.59 Å². The first-order valence-corrected chi connectivity index (χ1v) is 19.4. The van der Waals surface area contributed by atoms with Crippen LogP contribution in [-0.4, -0.2) is 52.6 Å². The number of hydrogen-bond acceptors (Lipinski definition) is 12. The average Bonchev–Trinajstić information content (AvgIpc) is 3.85. The van der Waals surface area contributed by atoms with Gasteiger partial charge in [-0.1, -0.05) is 52.6 Å². The van der Waals surface area contributed by atoms with Gasteiger partial charge in [0.25, 0.3) is 0 Å². The van der Waals surface area contributed by atoms with E-state index >= 15 is 0 Å². The minimum atomic E-state index is -0.452. The molecule has 0 fully saturated rings. The molecule has 3 aromatic heterocycles. The first-order chi connectivity index (χ1) is 23.0. The number of hydrogen-bond donors (Lipinski definition) is 1. The zero-order valence-corrected chi connectivity index (χ0v) is 35.9. The maximum absolute atomic E-state index is 11.5. The summed E-state index contributed by atoms with van der Waals surface area (Å²) in [6.07, 6.45) is 0. The molecule has 0 saturated heterocycles. The number of ketones is 1. The number of thiophene rings is 3. The molecule has 273 valence electrons. The molecule has 9 nitrogen and oxygen atoms in total. The van der Waals surface area contributed by atoms with Crippen LogP contribution in [0.3, 0.4) is 0 Å². The number of phenols is 1. The average molecular weight is 1010 g/mol. The number of methoxy groups -OCH3 is 3. The summed E-state index contributed by atoms with van der Waals surface area (Å²) in [4.78, 5) is 44.9. The number of alkyl halides is 2. The molecule has 15 heteroatoms. The molecule has 1 N–H and O–H groups in total. The largest absolute Gasteiger partial charge is 0.506 e. The van der Waals surface area contributed by atoms with Crippen molar-refractivity contribution in [1.82, 2.24) is 0 Å². The third kappa shape index (κ3) is 13.3. The van der Waals surface area contributed by atoms with Crippen molar-refractivity contribution < 1.29 is 61.8 Å². The van der Waals surface area contributed by atoms with Gasteiger partial charge in [0.15, 0.2) is 5.78 Å². The Morgan fingerprint density at radius 3 is 1.49 bits per heavy atom. The summed E-state index contributed by atoms with van der Waals surface area (Å²) in [5.41, 5.74) is 1.44. The zero-order valence-electron chi connectivity index (χ0n) is 27.8. The second kappa shape index (κ2) is 23.8. The predicted molar refractivity (Wildman–Crippen MR) is 224 cm³/mol. The van der Waals surface area contributed by atoms with Gasteiger partial charge < -0.3 is 31.5 Å². The molecule has 0 atom stereocenters. The van der Waals surface area contributed by atoms with Crippen LogP contribution in [0.15, 0.2) is 70.7 Å². The molecule has 51 heavy (non-hydrogen) atoms. The van der Waals surface area contributed by atoms with E-state index in [1.807, 2.05) is 40.4 Å². The minimum absolute atomic E-state index is 0. The van der Waals surface area contributed by atoms with E-state index in [-0.39, 0.29) is 44.9 Å². The number of carbonyl (C=O) groups excluding carboxylic acids is 4. The monoisotopic (exact) mass is 1010 g/mol. The molecule has 1 radical (unpaired) electrons. The fourth-order valence-electron chi connectivity index (χ4n) is 4.22. The number of carbonyl (C=O) groups is 4. The van der Waals surface area contributed by atoms with E-state index in [0.717, 1.165) is 36.0 Å². The molecule has 3 aromatic carbocycles. The molecule has 6 rings (SSSR count). The van der Waals surface area contributed by atoms with Crippen LogP contribution < -0.4 is 9.47 Å². The Morgan fingerprint density at radius 2 is 1.06 bits per heavy atom. The van der Waals surface area contributed by atoms with Crippen molar-refractivity contribution in [3.8, 4) is 17.2 Å². The predicted octanol–water partition coefficient (Wildman–Crippen LogP) is 11.0. The van der Waals surface area contributed by atoms with Gasteiger partial charge in [0, 0.05) is 31.0 Å². The van der Waals surface area contributed by atoms with E-state index in [9.17, 15) is 24.3 Å². The first kappa shape index (κ1) is 48.3. The Bertz CT molecular complexity index is 2050. The van der Waals surface area contributed by atoms with Crippen LogP contribution in [-0.2, 0) is 32.8 Å². The molecular weight excluding hydrogens is 977 g/mol. The Morgan fingerprint density at radius 1 is 0.667 bits per heavy atom. The van der Waals surface area contributed by atoms with Crippen LogP contribution in [0, 0.1) is 7.43 Å². The van der Waals surface area contributed by atoms with Crippen LogP contribution in [0.4, 0.5) is 0 Å². The van der Waals surface area contributed by atoms with Crippen LogP contribution in [0.2, 0.25) is 0 Å². The van der Waals surface area contributed by atoms with Gasteiger partial charge in [-0.3, -0.25) is 9.59 Å². The number of ether oxygens (including phenoxy) is 4. The van der Waals surface area contributed by atoms with Gasteiger partial charge in [0.2, 0.25) is 0 Å². The van der Waals surface area contributed by atoms with Crippen molar-refractivity contribution in [2.75, 3.05) is 23.8 Å². The quantitative estimate of drug-likeness (QED) is 0.0449. The summed E-state index contributed by atoms with van der Waals surface area (Å²) < 4.78 is 23.5. The van der Waals surface area contributed by atoms with Crippen LogP contribution in [0.5, 0.6) is 17.2 Å². The minimum Gasteiger partial charge on any atom is -0.506 e. The summed E-state index contributed by atoms with van der Waals surface area (Å²) in [6, 6.07) is 15.8. The van der Waals surface area contributed by atoms with Gasteiger partial charge in [0.05, 0.1) is 49.0 Å². The van der Waals surface area contributed by atoms with Crippen molar-refractivity contribution in [1.29, 1.82) is 0 Å². The molecule has 0 amide bonds. The Kier molecular flexibility index (Phi) is 22.5. The third-order valence-corrected chi connectivity index (χ3v) is 9.13. The molecule has 0 bridgehead atoms. The van der Waals surface area contributed by atoms with E-state index in [0.29, 0.717) is 22.4 Å². The number of halogens is 2. The van der Waals surface area contributed by atoms with Gasteiger partial charge in [-0.2, -0.15) is 0 Å². The number of phenolic OH excluding ortho intramolecular Hbond substituents is 1. The Balaban J connectivity index is 0.000000691. The second-order valence-corrected chi connectivity index (χ2v) is 16.6. The van der Waals surface area contributed by atoms with Crippen molar-refractivity contribution >= 4 is 133 Å². The fraction of sp³-hybridized carbons (Fsp3) is 0.194. The standard InChI is InChI=1S/C12H10O4S.C11H10O2S.C10H8O3S.CH2I2.CH4.CH3.V/c1-7(13)16-10-6-9(12(14)15-2)5-8-3-4-17-11(8)10;1-7(12)9-5-8-3-4-14-11(8)10(6-9)13-2;1-13-10(12)7-4-6-2-3-14-9(6)8(11)5-7;2-1-3;;;/h3-6H,1-2H3;3-6H,1-2H3;2-5,11H,1H3;1H2;1H4;1H3;/q;;;;;-1;. The Labute approximate surface area is 348 Å². The summed E-state index contributed by atoms with van der Waals surface area (Å²) in [7, 11) is 4.25. The maximum atomic E-state index is 11.5. The van der Waals surface area contributed by atoms with E-state index in [4.69, 9.17) is 9.47 Å². The van der Waals surface area contributed by atoms with Crippen molar-refractivity contribution in [3.05, 3.63) is 94.9 Å². The normalized spacial score (nSPS) is 9.47. The number of esters is 3. The molecule has 0 saturated carbocycles. The summed E-state index contributed by atoms with van der Waals surface area (Å²) in [5, 5.41) is 18.1. The second-order valence-electron chi connectivity index (χ2n) is 9.40. The van der Waals surface area contributed by atoms with Gasteiger partial charge in [-0.15, -0.1) is 34.0 Å². The van der Waals surface area contributed by atoms with Gasteiger partial charge in [-0.05, 0) is 93.8 Å². The molecular formula is C36H37I2O9S3V-. The molecule has 0 aliphatic heterocycles. The van der Waals surface area contributed by atoms with E-state index in [2.05, 4.69) is 54.7 Å². The van der Waals surface area contributed by atoms with E-state index < -0.39 is 17.9 Å². The number of Topliss-reactive ketones (excluding diaryl/α,β-unsaturated/α-hetero) is 1. The number of rotatable bonds is 5. The number of fused-ring (bicyclic) bond motifs is 3. The fourth-order valence-corrected chi connectivity index (χ4v) is 6.71. The molecule has 0 aliphatic carbocycles. The van der Waals surface area contributed by atoms with Crippen molar-refractivity contribution in [3.63, 3.8) is 0 Å². The molecule has 6 aromatic rings. The van der Waals surface area contributed by atoms with Crippen molar-refractivity contribution in [2.45, 2.75) is 21.3 Å². The first-order valence-electron chi connectivity index (χ1n) is 13.7. The zero-order chi connectivity index (χ0) is 35.4. The Hall–Kier alpha value is -2.74. The summed E-state index contributed by atoms with van der Waals surface area (Å²) in [6.45, 7) is 2.89. The van der Waals surface area contributed by atoms with E-state index in [1.54, 1.807) is 43.6 Å². The molecule has 0 unspecified atom stereocenters. The summed E-state index contributed by atoms with van der Waals surface area (Å²) in [5.74, 6) is 0.0593. The van der Waals surface area contributed by atoms with Crippen LogP contribution in [0.25, 0.3) is 30.3 Å². The van der Waals surface area contributed by atoms with Gasteiger partial charge >= 0.3 is 17.9 Å². The van der Waals surface area contributed by atoms with Crippen LogP contribution >= 0.6 is 79.2 Å². The number of aromatic hydroxyl groups is 1. The smallest absolute Gasteiger partial charge is 0.338 e. The number of benzene rings is 3. The molecule has 0 aliphatic rings. The SMILES string of the molecule is C.COC(=O)c1cc(O)c2sccc2c1.COC(=O)c1cc(OC(C)=O)c2sccc2c1.COc1cc(C(C)=O)cc2ccsc12.ICI.[CH3-].[V]. The van der Waals surface area contributed by atoms with Crippen molar-refractivity contribution in [2.24, 2.45) is 0 Å². The topological polar surface area (TPSA) is 125 Å². The van der Waals surface area contributed by atoms with Gasteiger partial charge in [0.1, 0.15) is 17.2 Å². The molecule has 3 heterocycles.